The van der Waals surface area contributed by atoms with Gasteiger partial charge in [-0.15, -0.1) is 16.7 Å². The quantitative estimate of drug-likeness (QED) is 0.574. The van der Waals surface area contributed by atoms with Crippen molar-refractivity contribution in [3.05, 3.63) is 23.5 Å². The molecule has 1 unspecified atom stereocenters. The van der Waals surface area contributed by atoms with Crippen molar-refractivity contribution in [1.82, 2.24) is 20.3 Å². The summed E-state index contributed by atoms with van der Waals surface area (Å²) >= 11 is 6.00. The van der Waals surface area contributed by atoms with E-state index in [4.69, 9.17) is 11.6 Å². The van der Waals surface area contributed by atoms with Crippen LogP contribution in [0.3, 0.4) is 0 Å². The molecule has 0 radical (unpaired) electrons. The fourth-order valence-electron chi connectivity index (χ4n) is 1.57. The van der Waals surface area contributed by atoms with Gasteiger partial charge in [0.2, 0.25) is 0 Å². The molecule has 0 fully saturated rings. The summed E-state index contributed by atoms with van der Waals surface area (Å²) in [5.41, 5.74) is 2.28. The monoisotopic (exact) mass is 212 g/mol. The number of halogens is 1. The largest absolute Gasteiger partial charge is 0.311 e. The summed E-state index contributed by atoms with van der Waals surface area (Å²) in [6.45, 7) is 1.76. The molecule has 0 aromatic carbocycles. The molecule has 0 aliphatic carbocycles. The zero-order valence-electron chi connectivity index (χ0n) is 8.07. The SMILES string of the molecule is Cn1cc(CC2=CC(Cl)CNC2)nn1. The van der Waals surface area contributed by atoms with Crippen molar-refractivity contribution >= 4 is 11.6 Å². The molecule has 0 saturated heterocycles. The summed E-state index contributed by atoms with van der Waals surface area (Å²) in [6, 6.07) is 0. The van der Waals surface area contributed by atoms with E-state index in [9.17, 15) is 0 Å². The molecule has 1 aliphatic heterocycles. The molecule has 1 aromatic rings. The first-order valence-corrected chi connectivity index (χ1v) is 5.07. The lowest BCUT2D eigenvalue weighted by Gasteiger charge is -2.16. The molecule has 0 saturated carbocycles. The predicted molar refractivity (Wildman–Crippen MR) is 55.3 cm³/mol. The van der Waals surface area contributed by atoms with Gasteiger partial charge in [0.1, 0.15) is 0 Å². The van der Waals surface area contributed by atoms with E-state index in [-0.39, 0.29) is 5.38 Å². The van der Waals surface area contributed by atoms with Gasteiger partial charge in [0.05, 0.1) is 11.1 Å². The maximum absolute atomic E-state index is 6.00. The first-order valence-electron chi connectivity index (χ1n) is 4.63. The zero-order valence-corrected chi connectivity index (χ0v) is 8.83. The van der Waals surface area contributed by atoms with Crippen molar-refractivity contribution in [1.29, 1.82) is 0 Å². The Morgan fingerprint density at radius 2 is 2.57 bits per heavy atom. The van der Waals surface area contributed by atoms with E-state index in [1.54, 1.807) is 4.68 Å². The minimum absolute atomic E-state index is 0.107. The van der Waals surface area contributed by atoms with Gasteiger partial charge in [-0.25, -0.2) is 0 Å². The highest BCUT2D eigenvalue weighted by Gasteiger charge is 2.11. The number of hydrogen-bond acceptors (Lipinski definition) is 3. The van der Waals surface area contributed by atoms with Crippen LogP contribution in [-0.2, 0) is 13.5 Å². The van der Waals surface area contributed by atoms with Crippen molar-refractivity contribution in [3.63, 3.8) is 0 Å². The van der Waals surface area contributed by atoms with E-state index < -0.39 is 0 Å². The van der Waals surface area contributed by atoms with Crippen LogP contribution in [0.4, 0.5) is 0 Å². The topological polar surface area (TPSA) is 42.7 Å². The van der Waals surface area contributed by atoms with Gasteiger partial charge in [-0.2, -0.15) is 0 Å². The van der Waals surface area contributed by atoms with Crippen molar-refractivity contribution in [2.75, 3.05) is 13.1 Å². The van der Waals surface area contributed by atoms with E-state index in [1.807, 2.05) is 13.2 Å². The highest BCUT2D eigenvalue weighted by Crippen LogP contribution is 2.11. The standard InChI is InChI=1S/C9H13ClN4/c1-14-6-9(12-13-14)3-7-2-8(10)5-11-4-7/h2,6,8,11H,3-5H2,1H3. The first-order chi connectivity index (χ1) is 6.74. The maximum atomic E-state index is 6.00. The van der Waals surface area contributed by atoms with Crippen LogP contribution in [0.1, 0.15) is 5.69 Å². The minimum atomic E-state index is 0.107. The lowest BCUT2D eigenvalue weighted by Crippen LogP contribution is -2.30. The van der Waals surface area contributed by atoms with Crippen LogP contribution in [0.15, 0.2) is 17.8 Å². The summed E-state index contributed by atoms with van der Waals surface area (Å²) in [7, 11) is 1.87. The van der Waals surface area contributed by atoms with Crippen LogP contribution in [0.2, 0.25) is 0 Å². The van der Waals surface area contributed by atoms with Crippen LogP contribution >= 0.6 is 11.6 Å². The number of alkyl halides is 1. The van der Waals surface area contributed by atoms with E-state index in [1.165, 1.54) is 5.57 Å². The van der Waals surface area contributed by atoms with E-state index in [0.717, 1.165) is 25.2 Å². The van der Waals surface area contributed by atoms with Crippen LogP contribution < -0.4 is 5.32 Å². The molecule has 5 heteroatoms. The predicted octanol–water partition coefficient (Wildman–Crippen LogP) is 0.495. The third-order valence-electron chi connectivity index (χ3n) is 2.17. The van der Waals surface area contributed by atoms with Crippen LogP contribution in [0, 0.1) is 0 Å². The molecule has 1 N–H and O–H groups in total. The highest BCUT2D eigenvalue weighted by molar-refractivity contribution is 6.22. The number of aromatic nitrogens is 3. The number of aryl methyl sites for hydroxylation is 1. The second kappa shape index (κ2) is 4.11. The van der Waals surface area contributed by atoms with E-state index in [0.29, 0.717) is 0 Å². The second-order valence-corrected chi connectivity index (χ2v) is 4.09. The van der Waals surface area contributed by atoms with Gasteiger partial charge in [0, 0.05) is 32.8 Å². The Morgan fingerprint density at radius 1 is 1.71 bits per heavy atom. The Bertz CT molecular complexity index is 344. The maximum Gasteiger partial charge on any atom is 0.0867 e. The third kappa shape index (κ3) is 2.33. The molecule has 0 amide bonds. The summed E-state index contributed by atoms with van der Waals surface area (Å²) in [5.74, 6) is 0. The zero-order chi connectivity index (χ0) is 9.97. The van der Waals surface area contributed by atoms with Gasteiger partial charge >= 0.3 is 0 Å². The molecule has 4 nitrogen and oxygen atoms in total. The van der Waals surface area contributed by atoms with Gasteiger partial charge in [-0.3, -0.25) is 4.68 Å². The van der Waals surface area contributed by atoms with Gasteiger partial charge in [-0.05, 0) is 0 Å². The summed E-state index contributed by atoms with van der Waals surface area (Å²) in [4.78, 5) is 0. The fourth-order valence-corrected chi connectivity index (χ4v) is 1.86. The fraction of sp³-hybridized carbons (Fsp3) is 0.556. The van der Waals surface area contributed by atoms with Gasteiger partial charge in [-0.1, -0.05) is 16.9 Å². The molecule has 0 bridgehead atoms. The van der Waals surface area contributed by atoms with Crippen LogP contribution in [0.5, 0.6) is 0 Å². The number of nitrogens with zero attached hydrogens (tertiary/aromatic N) is 3. The average molecular weight is 213 g/mol. The Hall–Kier alpha value is -0.870. The molecule has 2 rings (SSSR count). The molecule has 76 valence electrons. The van der Waals surface area contributed by atoms with Crippen molar-refractivity contribution < 1.29 is 0 Å². The molecule has 2 heterocycles. The normalized spacial score (nSPS) is 22.1. The van der Waals surface area contributed by atoms with Crippen LogP contribution in [0.25, 0.3) is 0 Å². The lowest BCUT2D eigenvalue weighted by atomic mass is 10.1. The molecule has 1 atom stereocenters. The first kappa shape index (κ1) is 9.68. The average Bonchev–Trinajstić information content (AvgIpc) is 2.51. The highest BCUT2D eigenvalue weighted by atomic mass is 35.5. The second-order valence-electron chi connectivity index (χ2n) is 3.53. The molecule has 14 heavy (non-hydrogen) atoms. The Balaban J connectivity index is 2.03. The summed E-state index contributed by atoms with van der Waals surface area (Å²) in [6.07, 6.45) is 4.87. The smallest absolute Gasteiger partial charge is 0.0867 e. The summed E-state index contributed by atoms with van der Waals surface area (Å²) < 4.78 is 1.71. The Labute approximate surface area is 87.9 Å². The van der Waals surface area contributed by atoms with Crippen molar-refractivity contribution in [3.8, 4) is 0 Å². The van der Waals surface area contributed by atoms with Crippen LogP contribution in [-0.4, -0.2) is 33.5 Å². The molecular weight excluding hydrogens is 200 g/mol. The van der Waals surface area contributed by atoms with E-state index >= 15 is 0 Å². The number of rotatable bonds is 2. The van der Waals surface area contributed by atoms with Crippen molar-refractivity contribution in [2.24, 2.45) is 7.05 Å². The molecule has 1 aliphatic rings. The third-order valence-corrected chi connectivity index (χ3v) is 2.45. The van der Waals surface area contributed by atoms with E-state index in [2.05, 4.69) is 21.7 Å². The lowest BCUT2D eigenvalue weighted by molar-refractivity contribution is 0.690. The molecular formula is C9H13ClN4. The molecule has 1 aromatic heterocycles. The Kier molecular flexibility index (Phi) is 2.84. The number of nitrogens with one attached hydrogen (secondary N) is 1. The van der Waals surface area contributed by atoms with Gasteiger partial charge < -0.3 is 5.32 Å². The Morgan fingerprint density at radius 3 is 3.21 bits per heavy atom. The van der Waals surface area contributed by atoms with Gasteiger partial charge in [0.25, 0.3) is 0 Å². The van der Waals surface area contributed by atoms with Gasteiger partial charge in [0.15, 0.2) is 0 Å². The minimum Gasteiger partial charge on any atom is -0.311 e. The van der Waals surface area contributed by atoms with Crippen molar-refractivity contribution in [2.45, 2.75) is 11.8 Å². The summed E-state index contributed by atoms with van der Waals surface area (Å²) in [5, 5.41) is 11.3. The molecule has 0 spiro atoms. The number of hydrogen-bond donors (Lipinski definition) is 1.